The van der Waals surface area contributed by atoms with Gasteiger partial charge in [0.15, 0.2) is 5.78 Å². The summed E-state index contributed by atoms with van der Waals surface area (Å²) in [6.07, 6.45) is -1.76. The van der Waals surface area contributed by atoms with Crippen LogP contribution >= 0.6 is 11.3 Å². The molecule has 0 amide bonds. The molecule has 248 valence electrons. The summed E-state index contributed by atoms with van der Waals surface area (Å²) in [5.74, 6) is -5.49. The standard InChI is InChI=1S/C21H20O7.C17H17NOS/c1-12-3-7-14(8-4-12)17(22)11-16(19(23)24)18(20(25)26)28-21(27)15-9-5-13(2)6-10-15;18-11-10-16(17-9-4-12-20-17)19-15-8-3-6-13-5-1-2-7-14(13)15/h3-10,16,18H,11H2,1-2H3,(H,23,24)(H,25,26);1-9,12,16H,10-11,18H2/t16-,18-;16-/m00/s1. The highest BCUT2D eigenvalue weighted by Gasteiger charge is 2.39. The molecule has 0 unspecified atom stereocenters. The number of rotatable bonds is 13. The van der Waals surface area contributed by atoms with E-state index in [1.807, 2.05) is 38.1 Å². The molecular weight excluding hydrogens is 630 g/mol. The number of nitrogens with two attached hydrogens (primary N) is 1. The van der Waals surface area contributed by atoms with Crippen molar-refractivity contribution >= 4 is 45.8 Å². The van der Waals surface area contributed by atoms with Gasteiger partial charge < -0.3 is 25.4 Å². The van der Waals surface area contributed by atoms with Crippen LogP contribution in [0.2, 0.25) is 0 Å². The van der Waals surface area contributed by atoms with E-state index in [2.05, 4.69) is 35.7 Å². The minimum Gasteiger partial charge on any atom is -0.484 e. The predicted octanol–water partition coefficient (Wildman–Crippen LogP) is 7.26. The smallest absolute Gasteiger partial charge is 0.345 e. The Balaban J connectivity index is 0.000000228. The van der Waals surface area contributed by atoms with Crippen molar-refractivity contribution in [2.75, 3.05) is 6.54 Å². The largest absolute Gasteiger partial charge is 0.484 e. The van der Waals surface area contributed by atoms with Gasteiger partial charge in [-0.25, -0.2) is 9.59 Å². The van der Waals surface area contributed by atoms with Crippen LogP contribution in [-0.2, 0) is 14.3 Å². The first kappa shape index (κ1) is 35.5. The molecule has 1 aromatic heterocycles. The number of esters is 1. The second kappa shape index (κ2) is 17.0. The molecule has 0 saturated heterocycles. The number of hydrogen-bond donors (Lipinski definition) is 3. The summed E-state index contributed by atoms with van der Waals surface area (Å²) in [7, 11) is 0. The number of ketones is 1. The van der Waals surface area contributed by atoms with Crippen molar-refractivity contribution in [1.82, 2.24) is 0 Å². The average molecular weight is 668 g/mol. The van der Waals surface area contributed by atoms with E-state index in [4.69, 9.17) is 15.2 Å². The number of Topliss-reactive ketones (excluding diaryl/α,β-unsaturated/α-hetero) is 1. The molecule has 0 spiro atoms. The van der Waals surface area contributed by atoms with Crippen molar-refractivity contribution in [3.8, 4) is 5.75 Å². The lowest BCUT2D eigenvalue weighted by atomic mass is 9.93. The number of carbonyl (C=O) groups is 4. The highest BCUT2D eigenvalue weighted by atomic mass is 32.1. The van der Waals surface area contributed by atoms with Crippen molar-refractivity contribution in [2.45, 2.75) is 38.9 Å². The van der Waals surface area contributed by atoms with Crippen molar-refractivity contribution in [3.05, 3.63) is 136 Å². The molecule has 0 aliphatic carbocycles. The van der Waals surface area contributed by atoms with Crippen molar-refractivity contribution < 1.29 is 38.9 Å². The van der Waals surface area contributed by atoms with Crippen molar-refractivity contribution in [1.29, 1.82) is 0 Å². The van der Waals surface area contributed by atoms with E-state index < -0.39 is 42.1 Å². The van der Waals surface area contributed by atoms with E-state index in [1.54, 1.807) is 35.6 Å². The summed E-state index contributed by atoms with van der Waals surface area (Å²) in [6.45, 7) is 4.26. The molecule has 4 aromatic carbocycles. The monoisotopic (exact) mass is 667 g/mol. The number of aryl methyl sites for hydroxylation is 2. The van der Waals surface area contributed by atoms with Gasteiger partial charge in [-0.3, -0.25) is 9.59 Å². The number of thiophene rings is 1. The van der Waals surface area contributed by atoms with Gasteiger partial charge in [0.2, 0.25) is 6.10 Å². The molecule has 48 heavy (non-hydrogen) atoms. The Morgan fingerprint density at radius 3 is 1.96 bits per heavy atom. The first-order valence-electron chi connectivity index (χ1n) is 15.3. The fraction of sp³-hybridized carbons (Fsp3) is 0.211. The van der Waals surface area contributed by atoms with E-state index >= 15 is 0 Å². The van der Waals surface area contributed by atoms with Crippen LogP contribution in [0.4, 0.5) is 0 Å². The highest BCUT2D eigenvalue weighted by molar-refractivity contribution is 7.10. The zero-order chi connectivity index (χ0) is 34.6. The number of aliphatic carboxylic acids is 2. The lowest BCUT2D eigenvalue weighted by molar-refractivity contribution is -0.159. The third-order valence-corrected chi connectivity index (χ3v) is 8.50. The zero-order valence-electron chi connectivity index (χ0n) is 26.6. The molecule has 4 N–H and O–H groups in total. The minimum atomic E-state index is -2.00. The van der Waals surface area contributed by atoms with E-state index in [9.17, 15) is 29.4 Å². The number of hydrogen-bond acceptors (Lipinski definition) is 8. The highest BCUT2D eigenvalue weighted by Crippen LogP contribution is 2.32. The Labute approximate surface area is 282 Å². The van der Waals surface area contributed by atoms with Crippen LogP contribution in [0.1, 0.15) is 55.7 Å². The van der Waals surface area contributed by atoms with Gasteiger partial charge in [-0.2, -0.15) is 0 Å². The molecule has 0 saturated carbocycles. The first-order chi connectivity index (χ1) is 23.1. The summed E-state index contributed by atoms with van der Waals surface area (Å²) in [5, 5.41) is 23.3. The molecular formula is C38H37NO8S. The SMILES string of the molecule is Cc1ccc(C(=O)C[C@H](C(=O)O)[C@H](OC(=O)c2ccc(C)cc2)C(=O)O)cc1.NCC[C@H](Oc1cccc2ccccc12)c1cccs1. The quantitative estimate of drug-likeness (QED) is 0.0870. The molecule has 1 heterocycles. The van der Waals surface area contributed by atoms with Crippen molar-refractivity contribution in [2.24, 2.45) is 11.7 Å². The van der Waals surface area contributed by atoms with Crippen LogP contribution in [0.3, 0.4) is 0 Å². The second-order valence-electron chi connectivity index (χ2n) is 11.1. The van der Waals surface area contributed by atoms with Crippen LogP contribution in [0.5, 0.6) is 5.75 Å². The maximum Gasteiger partial charge on any atom is 0.345 e. The molecule has 5 rings (SSSR count). The summed E-state index contributed by atoms with van der Waals surface area (Å²) in [5.41, 5.74) is 7.88. The van der Waals surface area contributed by atoms with Crippen LogP contribution in [0.15, 0.2) is 109 Å². The van der Waals surface area contributed by atoms with Crippen LogP contribution in [0, 0.1) is 19.8 Å². The van der Waals surface area contributed by atoms with Gasteiger partial charge in [0, 0.05) is 28.7 Å². The van der Waals surface area contributed by atoms with Crippen LogP contribution in [0.25, 0.3) is 10.8 Å². The van der Waals surface area contributed by atoms with E-state index in [1.165, 1.54) is 34.5 Å². The Morgan fingerprint density at radius 2 is 1.38 bits per heavy atom. The summed E-state index contributed by atoms with van der Waals surface area (Å²) in [6, 6.07) is 31.2. The number of fused-ring (bicyclic) bond motifs is 1. The number of carboxylic acid groups (broad SMARTS) is 2. The number of carboxylic acids is 2. The van der Waals surface area contributed by atoms with Gasteiger partial charge in [-0.1, -0.05) is 90.0 Å². The summed E-state index contributed by atoms with van der Waals surface area (Å²) in [4.78, 5) is 49.0. The predicted molar refractivity (Wildman–Crippen MR) is 185 cm³/mol. The number of carbonyl (C=O) groups excluding carboxylic acids is 2. The molecule has 3 atom stereocenters. The lowest BCUT2D eigenvalue weighted by Crippen LogP contribution is -2.40. The first-order valence-corrected chi connectivity index (χ1v) is 16.2. The van der Waals surface area contributed by atoms with Gasteiger partial charge in [0.1, 0.15) is 17.8 Å². The molecule has 0 radical (unpaired) electrons. The Morgan fingerprint density at radius 1 is 0.750 bits per heavy atom. The Bertz CT molecular complexity index is 1750. The van der Waals surface area contributed by atoms with Gasteiger partial charge in [-0.05, 0) is 55.4 Å². The van der Waals surface area contributed by atoms with Crippen LogP contribution < -0.4 is 10.5 Å². The van der Waals surface area contributed by atoms with E-state index in [0.29, 0.717) is 6.54 Å². The number of benzene rings is 4. The molecule has 0 bridgehead atoms. The minimum absolute atomic E-state index is 0.0332. The third kappa shape index (κ3) is 9.60. The number of ether oxygens (including phenoxy) is 2. The lowest BCUT2D eigenvalue weighted by Gasteiger charge is -2.20. The van der Waals surface area contributed by atoms with E-state index in [-0.39, 0.29) is 17.2 Å². The molecule has 0 fully saturated rings. The molecule has 0 aliphatic rings. The second-order valence-corrected chi connectivity index (χ2v) is 12.1. The molecule has 5 aromatic rings. The molecule has 0 aliphatic heterocycles. The van der Waals surface area contributed by atoms with Gasteiger partial charge in [-0.15, -0.1) is 11.3 Å². The normalized spacial score (nSPS) is 12.6. The maximum absolute atomic E-state index is 12.4. The third-order valence-electron chi connectivity index (χ3n) is 7.53. The average Bonchev–Trinajstić information content (AvgIpc) is 3.62. The fourth-order valence-corrected chi connectivity index (χ4v) is 5.68. The summed E-state index contributed by atoms with van der Waals surface area (Å²) < 4.78 is 11.2. The maximum atomic E-state index is 12.4. The topological polar surface area (TPSA) is 153 Å². The zero-order valence-corrected chi connectivity index (χ0v) is 27.4. The Hall–Kier alpha value is -5.32. The van der Waals surface area contributed by atoms with Crippen molar-refractivity contribution in [3.63, 3.8) is 0 Å². The molecule has 10 heteroatoms. The fourth-order valence-electron chi connectivity index (χ4n) is 4.90. The van der Waals surface area contributed by atoms with Gasteiger partial charge >= 0.3 is 17.9 Å². The van der Waals surface area contributed by atoms with Gasteiger partial charge in [0.25, 0.3) is 0 Å². The summed E-state index contributed by atoms with van der Waals surface area (Å²) >= 11 is 1.72. The molecule has 9 nitrogen and oxygen atoms in total. The van der Waals surface area contributed by atoms with Gasteiger partial charge in [0.05, 0.1) is 5.56 Å². The van der Waals surface area contributed by atoms with Crippen LogP contribution in [-0.4, -0.2) is 46.6 Å². The van der Waals surface area contributed by atoms with E-state index in [0.717, 1.165) is 28.7 Å². The Kier molecular flexibility index (Phi) is 12.6.